The second-order valence-electron chi connectivity index (χ2n) is 6.04. The SMILES string of the molecule is CC(c1ccccc1)C1CC(=O)N(c2nc3ccccc3s2)C1=O. The molecule has 5 heteroatoms. The van der Waals surface area contributed by atoms with Crippen molar-refractivity contribution in [3.05, 3.63) is 60.2 Å². The van der Waals surface area contributed by atoms with Gasteiger partial charge in [-0.05, 0) is 23.6 Å². The largest absolute Gasteiger partial charge is 0.274 e. The zero-order valence-corrected chi connectivity index (χ0v) is 14.0. The molecule has 2 heterocycles. The molecule has 24 heavy (non-hydrogen) atoms. The maximum Gasteiger partial charge on any atom is 0.239 e. The Labute approximate surface area is 143 Å². The van der Waals surface area contributed by atoms with Gasteiger partial charge in [0.05, 0.1) is 16.1 Å². The summed E-state index contributed by atoms with van der Waals surface area (Å²) in [5.41, 5.74) is 1.90. The van der Waals surface area contributed by atoms with Crippen LogP contribution in [-0.4, -0.2) is 16.8 Å². The number of para-hydroxylation sites is 1. The molecule has 2 aromatic carbocycles. The van der Waals surface area contributed by atoms with Gasteiger partial charge in [-0.15, -0.1) is 0 Å². The van der Waals surface area contributed by atoms with Gasteiger partial charge in [0.15, 0.2) is 5.13 Å². The quantitative estimate of drug-likeness (QED) is 0.680. The van der Waals surface area contributed by atoms with Crippen LogP contribution in [0.15, 0.2) is 54.6 Å². The minimum absolute atomic E-state index is 0.00188. The van der Waals surface area contributed by atoms with Gasteiger partial charge < -0.3 is 0 Å². The van der Waals surface area contributed by atoms with Crippen LogP contribution in [0.3, 0.4) is 0 Å². The van der Waals surface area contributed by atoms with Crippen LogP contribution < -0.4 is 4.90 Å². The molecule has 120 valence electrons. The molecule has 1 aliphatic rings. The van der Waals surface area contributed by atoms with E-state index in [0.29, 0.717) is 5.13 Å². The van der Waals surface area contributed by atoms with E-state index in [-0.39, 0.29) is 30.1 Å². The van der Waals surface area contributed by atoms with Crippen molar-refractivity contribution in [1.29, 1.82) is 0 Å². The first kappa shape index (κ1) is 15.0. The summed E-state index contributed by atoms with van der Waals surface area (Å²) < 4.78 is 0.979. The second kappa shape index (κ2) is 5.83. The third-order valence-electron chi connectivity index (χ3n) is 4.58. The molecule has 2 amide bonds. The highest BCUT2D eigenvalue weighted by Gasteiger charge is 2.43. The van der Waals surface area contributed by atoms with Gasteiger partial charge in [-0.25, -0.2) is 9.88 Å². The average Bonchev–Trinajstić information content (AvgIpc) is 3.15. The normalized spacial score (nSPS) is 19.2. The monoisotopic (exact) mass is 336 g/mol. The van der Waals surface area contributed by atoms with Crippen LogP contribution in [-0.2, 0) is 9.59 Å². The highest BCUT2D eigenvalue weighted by Crippen LogP contribution is 2.38. The molecule has 2 unspecified atom stereocenters. The van der Waals surface area contributed by atoms with Gasteiger partial charge in [0.25, 0.3) is 0 Å². The molecule has 0 spiro atoms. The lowest BCUT2D eigenvalue weighted by Crippen LogP contribution is -2.31. The van der Waals surface area contributed by atoms with Crippen LogP contribution in [0.2, 0.25) is 0 Å². The first-order chi connectivity index (χ1) is 11.6. The van der Waals surface area contributed by atoms with Crippen LogP contribution in [0.4, 0.5) is 5.13 Å². The average molecular weight is 336 g/mol. The van der Waals surface area contributed by atoms with E-state index < -0.39 is 0 Å². The number of benzene rings is 2. The number of nitrogens with zero attached hydrogens (tertiary/aromatic N) is 2. The van der Waals surface area contributed by atoms with Crippen molar-refractivity contribution in [2.75, 3.05) is 4.90 Å². The van der Waals surface area contributed by atoms with Gasteiger partial charge in [-0.2, -0.15) is 0 Å². The molecule has 1 aromatic heterocycles. The first-order valence-corrected chi connectivity index (χ1v) is 8.74. The van der Waals surface area contributed by atoms with E-state index >= 15 is 0 Å². The summed E-state index contributed by atoms with van der Waals surface area (Å²) in [4.78, 5) is 31.1. The maximum absolute atomic E-state index is 12.9. The standard InChI is InChI=1S/C19H16N2O2S/c1-12(13-7-3-2-4-8-13)14-11-17(22)21(18(14)23)19-20-15-9-5-6-10-16(15)24-19/h2-10,12,14H,11H2,1H3. The van der Waals surface area contributed by atoms with Crippen molar-refractivity contribution in [2.45, 2.75) is 19.3 Å². The van der Waals surface area contributed by atoms with E-state index in [0.717, 1.165) is 15.8 Å². The minimum Gasteiger partial charge on any atom is -0.274 e. The van der Waals surface area contributed by atoms with E-state index in [1.807, 2.05) is 61.5 Å². The lowest BCUT2D eigenvalue weighted by atomic mass is 9.86. The number of thiazole rings is 1. The summed E-state index contributed by atoms with van der Waals surface area (Å²) in [7, 11) is 0. The lowest BCUT2D eigenvalue weighted by Gasteiger charge is -2.18. The maximum atomic E-state index is 12.9. The summed E-state index contributed by atoms with van der Waals surface area (Å²) in [6, 6.07) is 17.5. The number of hydrogen-bond acceptors (Lipinski definition) is 4. The molecule has 1 fully saturated rings. The van der Waals surface area contributed by atoms with E-state index in [2.05, 4.69) is 4.98 Å². The topological polar surface area (TPSA) is 50.3 Å². The highest BCUT2D eigenvalue weighted by molar-refractivity contribution is 7.22. The van der Waals surface area contributed by atoms with Gasteiger partial charge in [-0.1, -0.05) is 60.7 Å². The Balaban J connectivity index is 1.66. The second-order valence-corrected chi connectivity index (χ2v) is 7.05. The molecule has 0 aliphatic carbocycles. The molecular formula is C19H16N2O2S. The Bertz CT molecular complexity index is 886. The predicted octanol–water partition coefficient (Wildman–Crippen LogP) is 3.98. The molecule has 0 N–H and O–H groups in total. The Hall–Kier alpha value is -2.53. The van der Waals surface area contributed by atoms with Crippen molar-refractivity contribution in [3.63, 3.8) is 0 Å². The van der Waals surface area contributed by atoms with Gasteiger partial charge in [-0.3, -0.25) is 9.59 Å². The highest BCUT2D eigenvalue weighted by atomic mass is 32.1. The van der Waals surface area contributed by atoms with Gasteiger partial charge in [0.1, 0.15) is 0 Å². The summed E-state index contributed by atoms with van der Waals surface area (Å²) in [5.74, 6) is -0.629. The van der Waals surface area contributed by atoms with E-state index in [4.69, 9.17) is 0 Å². The number of carbonyl (C=O) groups is 2. The molecule has 0 radical (unpaired) electrons. The Morgan fingerprint density at radius 1 is 1.08 bits per heavy atom. The van der Waals surface area contributed by atoms with E-state index in [9.17, 15) is 9.59 Å². The molecule has 1 aliphatic heterocycles. The van der Waals surface area contributed by atoms with E-state index in [1.165, 1.54) is 16.2 Å². The summed E-state index contributed by atoms with van der Waals surface area (Å²) in [6.45, 7) is 2.01. The molecule has 2 atom stereocenters. The third kappa shape index (κ3) is 2.41. The molecule has 1 saturated heterocycles. The van der Waals surface area contributed by atoms with Crippen molar-refractivity contribution in [1.82, 2.24) is 4.98 Å². The Morgan fingerprint density at radius 3 is 2.54 bits per heavy atom. The van der Waals surface area contributed by atoms with Crippen molar-refractivity contribution < 1.29 is 9.59 Å². The summed E-state index contributed by atoms with van der Waals surface area (Å²) in [6.07, 6.45) is 0.241. The summed E-state index contributed by atoms with van der Waals surface area (Å²) in [5, 5.41) is 0.481. The fraction of sp³-hybridized carbons (Fsp3) is 0.211. The van der Waals surface area contributed by atoms with Crippen LogP contribution in [0.1, 0.15) is 24.8 Å². The fourth-order valence-electron chi connectivity index (χ4n) is 3.19. The number of rotatable bonds is 3. The zero-order valence-electron chi connectivity index (χ0n) is 13.2. The van der Waals surface area contributed by atoms with Crippen molar-refractivity contribution >= 4 is 38.5 Å². The number of fused-ring (bicyclic) bond motifs is 1. The molecule has 0 saturated carbocycles. The number of hydrogen-bond donors (Lipinski definition) is 0. The minimum atomic E-state index is -0.327. The summed E-state index contributed by atoms with van der Waals surface area (Å²) >= 11 is 1.38. The lowest BCUT2D eigenvalue weighted by molar-refractivity contribution is -0.122. The van der Waals surface area contributed by atoms with Crippen LogP contribution in [0.25, 0.3) is 10.2 Å². The predicted molar refractivity (Wildman–Crippen MR) is 95.1 cm³/mol. The number of aromatic nitrogens is 1. The third-order valence-corrected chi connectivity index (χ3v) is 5.61. The number of amides is 2. The van der Waals surface area contributed by atoms with Crippen molar-refractivity contribution in [3.8, 4) is 0 Å². The molecule has 4 rings (SSSR count). The van der Waals surface area contributed by atoms with Gasteiger partial charge in [0, 0.05) is 6.42 Å². The van der Waals surface area contributed by atoms with Crippen molar-refractivity contribution in [2.24, 2.45) is 5.92 Å². The molecule has 4 nitrogen and oxygen atoms in total. The Morgan fingerprint density at radius 2 is 1.79 bits per heavy atom. The zero-order chi connectivity index (χ0) is 16.7. The van der Waals surface area contributed by atoms with Gasteiger partial charge in [0.2, 0.25) is 11.8 Å². The molecule has 3 aromatic rings. The smallest absolute Gasteiger partial charge is 0.239 e. The van der Waals surface area contributed by atoms with Crippen LogP contribution >= 0.6 is 11.3 Å². The Kier molecular flexibility index (Phi) is 3.65. The number of anilines is 1. The first-order valence-electron chi connectivity index (χ1n) is 7.92. The number of carbonyl (C=O) groups excluding carboxylic acids is 2. The molecule has 0 bridgehead atoms. The van der Waals surface area contributed by atoms with E-state index in [1.54, 1.807) is 0 Å². The van der Waals surface area contributed by atoms with Gasteiger partial charge >= 0.3 is 0 Å². The number of imide groups is 1. The molecular weight excluding hydrogens is 320 g/mol. The van der Waals surface area contributed by atoms with Crippen LogP contribution in [0.5, 0.6) is 0 Å². The van der Waals surface area contributed by atoms with Crippen LogP contribution in [0, 0.1) is 5.92 Å². The fourth-order valence-corrected chi connectivity index (χ4v) is 4.18.